The quantitative estimate of drug-likeness (QED) is 0.600. The van der Waals surface area contributed by atoms with Gasteiger partial charge in [-0.1, -0.05) is 41.7 Å². The number of benzene rings is 1. The molecule has 2 aromatic rings. The number of carbonyl (C=O) groups is 2. The number of nitrogens with one attached hydrogen (secondary N) is 4. The molecule has 0 saturated carbocycles. The molecule has 8 nitrogen and oxygen atoms in total. The fraction of sp³-hybridized carbons (Fsp3) is 0.333. The van der Waals surface area contributed by atoms with Crippen LogP contribution in [-0.2, 0) is 11.2 Å². The molecule has 4 N–H and O–H groups in total. The maximum absolute atomic E-state index is 12.2. The number of aryl methyl sites for hydroxylation is 1. The number of amides is 2. The Balaban J connectivity index is 1.52. The highest BCUT2D eigenvalue weighted by molar-refractivity contribution is 7.08. The van der Waals surface area contributed by atoms with Crippen molar-refractivity contribution in [1.82, 2.24) is 31.3 Å². The molecule has 1 fully saturated rings. The Morgan fingerprint density at radius 3 is 2.79 bits per heavy atom. The van der Waals surface area contributed by atoms with Crippen LogP contribution < -0.4 is 21.7 Å². The van der Waals surface area contributed by atoms with Gasteiger partial charge < -0.3 is 0 Å². The van der Waals surface area contributed by atoms with Gasteiger partial charge >= 0.3 is 0 Å². The average Bonchev–Trinajstić information content (AvgIpc) is 3.29. The van der Waals surface area contributed by atoms with Crippen molar-refractivity contribution in [3.63, 3.8) is 0 Å². The van der Waals surface area contributed by atoms with Gasteiger partial charge in [-0.25, -0.2) is 10.9 Å². The molecule has 24 heavy (non-hydrogen) atoms. The third-order valence-corrected chi connectivity index (χ3v) is 4.58. The first kappa shape index (κ1) is 16.5. The highest BCUT2D eigenvalue weighted by Crippen LogP contribution is 2.21. The van der Waals surface area contributed by atoms with Crippen molar-refractivity contribution in [3.05, 3.63) is 46.5 Å². The SMILES string of the molecule is CCc1nnsc1C(=O)NNC(=O)C1CC(c2ccccc2)NN1. The normalized spacial score (nSPS) is 19.9. The van der Waals surface area contributed by atoms with Crippen molar-refractivity contribution in [3.8, 4) is 0 Å². The van der Waals surface area contributed by atoms with Crippen molar-refractivity contribution >= 4 is 23.3 Å². The number of hydrogen-bond acceptors (Lipinski definition) is 7. The molecule has 1 aliphatic rings. The summed E-state index contributed by atoms with van der Waals surface area (Å²) < 4.78 is 3.76. The Kier molecular flexibility index (Phi) is 5.14. The lowest BCUT2D eigenvalue weighted by atomic mass is 10.0. The van der Waals surface area contributed by atoms with Crippen LogP contribution in [-0.4, -0.2) is 27.4 Å². The Bertz CT molecular complexity index is 720. The van der Waals surface area contributed by atoms with E-state index in [9.17, 15) is 9.59 Å². The van der Waals surface area contributed by atoms with Crippen LogP contribution in [0.1, 0.15) is 40.3 Å². The summed E-state index contributed by atoms with van der Waals surface area (Å²) in [6.45, 7) is 1.89. The van der Waals surface area contributed by atoms with Gasteiger partial charge in [0, 0.05) is 6.04 Å². The van der Waals surface area contributed by atoms with Gasteiger partial charge in [0.2, 0.25) is 0 Å². The van der Waals surface area contributed by atoms with Gasteiger partial charge in [-0.15, -0.1) is 5.10 Å². The van der Waals surface area contributed by atoms with Crippen molar-refractivity contribution in [2.45, 2.75) is 31.8 Å². The maximum Gasteiger partial charge on any atom is 0.283 e. The second kappa shape index (κ2) is 7.47. The summed E-state index contributed by atoms with van der Waals surface area (Å²) in [5.74, 6) is -0.703. The lowest BCUT2D eigenvalue weighted by molar-refractivity contribution is -0.123. The highest BCUT2D eigenvalue weighted by atomic mass is 32.1. The van der Waals surface area contributed by atoms with E-state index in [0.717, 1.165) is 17.1 Å². The van der Waals surface area contributed by atoms with E-state index < -0.39 is 11.9 Å². The van der Waals surface area contributed by atoms with Crippen molar-refractivity contribution in [1.29, 1.82) is 0 Å². The molecular formula is C15H18N6O2S. The van der Waals surface area contributed by atoms with Gasteiger partial charge in [0.15, 0.2) is 0 Å². The third kappa shape index (κ3) is 3.58. The number of hydrazine groups is 2. The van der Waals surface area contributed by atoms with Crippen molar-refractivity contribution in [2.75, 3.05) is 0 Å². The summed E-state index contributed by atoms with van der Waals surface area (Å²) in [4.78, 5) is 24.7. The molecule has 0 spiro atoms. The van der Waals surface area contributed by atoms with Gasteiger partial charge in [-0.05, 0) is 29.9 Å². The standard InChI is InChI=1S/C15H18N6O2S/c1-2-10-13(24-21-18-10)15(23)20-19-14(22)12-8-11(16-17-12)9-6-4-3-5-7-9/h3-7,11-12,16-17H,2,8H2,1H3,(H,19,22)(H,20,23). The van der Waals surface area contributed by atoms with Crippen LogP contribution >= 0.6 is 11.5 Å². The van der Waals surface area contributed by atoms with Gasteiger partial charge in [-0.3, -0.25) is 20.4 Å². The number of aromatic nitrogens is 2. The molecule has 0 aliphatic carbocycles. The number of nitrogens with zero attached hydrogens (tertiary/aromatic N) is 2. The Labute approximate surface area is 143 Å². The maximum atomic E-state index is 12.2. The predicted molar refractivity (Wildman–Crippen MR) is 88.8 cm³/mol. The summed E-state index contributed by atoms with van der Waals surface area (Å²) in [6, 6.07) is 9.49. The Morgan fingerprint density at radius 2 is 2.04 bits per heavy atom. The van der Waals surface area contributed by atoms with E-state index in [0.29, 0.717) is 23.4 Å². The van der Waals surface area contributed by atoms with Crippen molar-refractivity contribution in [2.24, 2.45) is 0 Å². The molecule has 9 heteroatoms. The van der Waals surface area contributed by atoms with E-state index in [-0.39, 0.29) is 11.9 Å². The smallest absolute Gasteiger partial charge is 0.271 e. The third-order valence-electron chi connectivity index (χ3n) is 3.82. The van der Waals surface area contributed by atoms with Gasteiger partial charge in [0.05, 0.1) is 5.69 Å². The molecule has 2 amide bonds. The first-order valence-electron chi connectivity index (χ1n) is 7.66. The highest BCUT2D eigenvalue weighted by Gasteiger charge is 2.30. The molecule has 3 rings (SSSR count). The van der Waals surface area contributed by atoms with Crippen molar-refractivity contribution < 1.29 is 9.59 Å². The topological polar surface area (TPSA) is 108 Å². The molecular weight excluding hydrogens is 328 g/mol. The number of hydrogen-bond donors (Lipinski definition) is 4. The zero-order chi connectivity index (χ0) is 16.9. The van der Waals surface area contributed by atoms with Crippen LogP contribution in [0.15, 0.2) is 30.3 Å². The van der Waals surface area contributed by atoms with E-state index in [1.165, 1.54) is 0 Å². The van der Waals surface area contributed by atoms with Crippen LogP contribution in [0, 0.1) is 0 Å². The lowest BCUT2D eigenvalue weighted by Crippen LogP contribution is -2.50. The molecule has 0 radical (unpaired) electrons. The largest absolute Gasteiger partial charge is 0.283 e. The van der Waals surface area contributed by atoms with E-state index in [1.54, 1.807) is 0 Å². The second-order valence-corrected chi connectivity index (χ2v) is 6.14. The predicted octanol–water partition coefficient (Wildman–Crippen LogP) is 0.469. The molecule has 1 aliphatic heterocycles. The van der Waals surface area contributed by atoms with Crippen LogP contribution in [0.3, 0.4) is 0 Å². The van der Waals surface area contributed by atoms with E-state index in [1.807, 2.05) is 37.3 Å². The van der Waals surface area contributed by atoms with E-state index in [4.69, 9.17) is 0 Å². The van der Waals surface area contributed by atoms with Gasteiger partial charge in [0.25, 0.3) is 11.8 Å². The monoisotopic (exact) mass is 346 g/mol. The summed E-state index contributed by atoms with van der Waals surface area (Å²) >= 11 is 1.01. The minimum Gasteiger partial charge on any atom is -0.271 e. The summed E-state index contributed by atoms with van der Waals surface area (Å²) in [5.41, 5.74) is 12.6. The molecule has 126 valence electrons. The molecule has 2 unspecified atom stereocenters. The first-order chi connectivity index (χ1) is 11.7. The molecule has 1 aromatic heterocycles. The van der Waals surface area contributed by atoms with Gasteiger partial charge in [-0.2, -0.15) is 0 Å². The summed E-state index contributed by atoms with van der Waals surface area (Å²) in [7, 11) is 0. The average molecular weight is 346 g/mol. The summed E-state index contributed by atoms with van der Waals surface area (Å²) in [6.07, 6.45) is 1.20. The Morgan fingerprint density at radius 1 is 1.25 bits per heavy atom. The van der Waals surface area contributed by atoms with E-state index in [2.05, 4.69) is 31.3 Å². The lowest BCUT2D eigenvalue weighted by Gasteiger charge is -2.11. The Hall–Kier alpha value is -2.36. The van der Waals surface area contributed by atoms with Gasteiger partial charge in [0.1, 0.15) is 10.9 Å². The zero-order valence-corrected chi connectivity index (χ0v) is 13.9. The van der Waals surface area contributed by atoms with Crippen LogP contribution in [0.25, 0.3) is 0 Å². The first-order valence-corrected chi connectivity index (χ1v) is 8.43. The number of rotatable bonds is 4. The second-order valence-electron chi connectivity index (χ2n) is 5.39. The van der Waals surface area contributed by atoms with Crippen LogP contribution in [0.4, 0.5) is 0 Å². The van der Waals surface area contributed by atoms with Crippen LogP contribution in [0.5, 0.6) is 0 Å². The fourth-order valence-electron chi connectivity index (χ4n) is 2.51. The summed E-state index contributed by atoms with van der Waals surface area (Å²) in [5, 5.41) is 3.88. The molecule has 0 bridgehead atoms. The van der Waals surface area contributed by atoms with E-state index >= 15 is 0 Å². The minimum absolute atomic E-state index is 0.0510. The fourth-order valence-corrected chi connectivity index (χ4v) is 3.15. The minimum atomic E-state index is -0.430. The number of carbonyl (C=O) groups excluding carboxylic acids is 2. The molecule has 1 aromatic carbocycles. The van der Waals surface area contributed by atoms with Crippen LogP contribution in [0.2, 0.25) is 0 Å². The molecule has 2 atom stereocenters. The zero-order valence-electron chi connectivity index (χ0n) is 13.1. The molecule has 1 saturated heterocycles. The molecule has 2 heterocycles.